The van der Waals surface area contributed by atoms with Crippen LogP contribution in [0.4, 0.5) is 0 Å². The van der Waals surface area contributed by atoms with Crippen molar-refractivity contribution in [3.63, 3.8) is 0 Å². The Morgan fingerprint density at radius 3 is 2.14 bits per heavy atom. The van der Waals surface area contributed by atoms with Gasteiger partial charge in [0, 0.05) is 21.2 Å². The summed E-state index contributed by atoms with van der Waals surface area (Å²) in [6.45, 7) is 0. The van der Waals surface area contributed by atoms with Gasteiger partial charge >= 0.3 is 0 Å². The highest BCUT2D eigenvalue weighted by molar-refractivity contribution is 9.11. The van der Waals surface area contributed by atoms with Crippen LogP contribution in [0.3, 0.4) is 0 Å². The number of halogens is 2. The number of benzene rings is 1. The molecule has 1 unspecified atom stereocenters. The molecule has 21 heavy (non-hydrogen) atoms. The molecule has 4 nitrogen and oxygen atoms in total. The molecule has 6 heteroatoms. The summed E-state index contributed by atoms with van der Waals surface area (Å²) < 4.78 is 12.5. The van der Waals surface area contributed by atoms with Crippen molar-refractivity contribution < 1.29 is 9.47 Å². The molecule has 0 saturated heterocycles. The number of aromatic nitrogens is 1. The van der Waals surface area contributed by atoms with Crippen molar-refractivity contribution >= 4 is 31.9 Å². The smallest absolute Gasteiger partial charge is 0.122 e. The van der Waals surface area contributed by atoms with Crippen LogP contribution in [0.15, 0.2) is 39.4 Å². The van der Waals surface area contributed by atoms with Crippen molar-refractivity contribution in [2.45, 2.75) is 6.04 Å². The van der Waals surface area contributed by atoms with Gasteiger partial charge in [0.2, 0.25) is 0 Å². The molecule has 2 rings (SSSR count). The third kappa shape index (κ3) is 3.75. The summed E-state index contributed by atoms with van der Waals surface area (Å²) in [5.74, 6) is 1.50. The summed E-state index contributed by atoms with van der Waals surface area (Å²) >= 11 is 6.98. The SMILES string of the molecule is CNC(c1cc(OC)cc(OC)c1)c1ncc(Br)cc1Br. The van der Waals surface area contributed by atoms with Crippen molar-refractivity contribution in [3.8, 4) is 11.5 Å². The minimum Gasteiger partial charge on any atom is -0.497 e. The Kier molecular flexibility index (Phi) is 5.61. The fourth-order valence-electron chi connectivity index (χ4n) is 2.09. The molecule has 0 spiro atoms. The number of nitrogens with zero attached hydrogens (tertiary/aromatic N) is 1. The first-order chi connectivity index (χ1) is 10.1. The zero-order chi connectivity index (χ0) is 15.4. The topological polar surface area (TPSA) is 43.4 Å². The van der Waals surface area contributed by atoms with Gasteiger partial charge in [0.25, 0.3) is 0 Å². The van der Waals surface area contributed by atoms with Crippen molar-refractivity contribution in [1.29, 1.82) is 0 Å². The molecular weight excluding hydrogens is 400 g/mol. The highest BCUT2D eigenvalue weighted by Crippen LogP contribution is 2.32. The van der Waals surface area contributed by atoms with E-state index in [1.54, 1.807) is 20.4 Å². The molecule has 1 N–H and O–H groups in total. The molecule has 0 saturated carbocycles. The van der Waals surface area contributed by atoms with E-state index in [2.05, 4.69) is 42.2 Å². The lowest BCUT2D eigenvalue weighted by Gasteiger charge is -2.19. The molecule has 0 amide bonds. The third-order valence-electron chi connectivity index (χ3n) is 3.11. The number of ether oxygens (including phenoxy) is 2. The van der Waals surface area contributed by atoms with Crippen LogP contribution in [0.25, 0.3) is 0 Å². The van der Waals surface area contributed by atoms with E-state index in [0.717, 1.165) is 31.7 Å². The Labute approximate surface area is 141 Å². The van der Waals surface area contributed by atoms with Gasteiger partial charge in [0.05, 0.1) is 26.0 Å². The number of rotatable bonds is 5. The molecule has 0 aliphatic carbocycles. The average molecular weight is 416 g/mol. The van der Waals surface area contributed by atoms with Crippen molar-refractivity contribution in [3.05, 3.63) is 50.7 Å². The summed E-state index contributed by atoms with van der Waals surface area (Å²) in [4.78, 5) is 4.50. The van der Waals surface area contributed by atoms with Gasteiger partial charge in [-0.3, -0.25) is 4.98 Å². The second-order valence-electron chi connectivity index (χ2n) is 4.39. The summed E-state index contributed by atoms with van der Waals surface area (Å²) in [6.07, 6.45) is 1.78. The van der Waals surface area contributed by atoms with E-state index in [1.165, 1.54) is 0 Å². The number of pyridine rings is 1. The van der Waals surface area contributed by atoms with E-state index in [-0.39, 0.29) is 6.04 Å². The van der Waals surface area contributed by atoms with Crippen molar-refractivity contribution in [2.75, 3.05) is 21.3 Å². The van der Waals surface area contributed by atoms with E-state index < -0.39 is 0 Å². The lowest BCUT2D eigenvalue weighted by molar-refractivity contribution is 0.392. The van der Waals surface area contributed by atoms with E-state index in [9.17, 15) is 0 Å². The fraction of sp³-hybridized carbons (Fsp3) is 0.267. The zero-order valence-corrected chi connectivity index (χ0v) is 15.2. The summed E-state index contributed by atoms with van der Waals surface area (Å²) in [7, 11) is 5.17. The molecule has 0 aliphatic heterocycles. The van der Waals surface area contributed by atoms with Crippen LogP contribution in [-0.4, -0.2) is 26.3 Å². The zero-order valence-electron chi connectivity index (χ0n) is 12.0. The lowest BCUT2D eigenvalue weighted by Crippen LogP contribution is -2.19. The molecule has 1 aromatic heterocycles. The van der Waals surface area contributed by atoms with Gasteiger partial charge in [-0.2, -0.15) is 0 Å². The molecule has 0 radical (unpaired) electrons. The van der Waals surface area contributed by atoms with Crippen molar-refractivity contribution in [1.82, 2.24) is 10.3 Å². The van der Waals surface area contributed by atoms with Gasteiger partial charge in [-0.15, -0.1) is 0 Å². The van der Waals surface area contributed by atoms with Gasteiger partial charge in [0.15, 0.2) is 0 Å². The standard InChI is InChI=1S/C15H16Br2N2O2/c1-18-14(15-13(17)6-10(16)8-19-15)9-4-11(20-2)7-12(5-9)21-3/h4-8,14,18H,1-3H3. The third-order valence-corrected chi connectivity index (χ3v) is 4.17. The number of nitrogens with one attached hydrogen (secondary N) is 1. The summed E-state index contributed by atoms with van der Waals surface area (Å²) in [5.41, 5.74) is 1.92. The van der Waals surface area contributed by atoms with Gasteiger partial charge in [-0.25, -0.2) is 0 Å². The second-order valence-corrected chi connectivity index (χ2v) is 6.16. The van der Waals surface area contributed by atoms with Crippen LogP contribution < -0.4 is 14.8 Å². The maximum absolute atomic E-state index is 5.33. The van der Waals surface area contributed by atoms with E-state index >= 15 is 0 Å². The monoisotopic (exact) mass is 414 g/mol. The molecule has 0 fully saturated rings. The molecular formula is C15H16Br2N2O2. The van der Waals surface area contributed by atoms with Crippen LogP contribution >= 0.6 is 31.9 Å². The highest BCUT2D eigenvalue weighted by atomic mass is 79.9. The van der Waals surface area contributed by atoms with E-state index in [1.807, 2.05) is 31.3 Å². The Hall–Kier alpha value is -1.11. The fourth-order valence-corrected chi connectivity index (χ4v) is 3.31. The van der Waals surface area contributed by atoms with Gasteiger partial charge in [-0.05, 0) is 62.7 Å². The van der Waals surface area contributed by atoms with Gasteiger partial charge in [-0.1, -0.05) is 0 Å². The minimum atomic E-state index is -0.0727. The van der Waals surface area contributed by atoms with Crippen molar-refractivity contribution in [2.24, 2.45) is 0 Å². The van der Waals surface area contributed by atoms with Crippen LogP contribution in [0.1, 0.15) is 17.3 Å². The first kappa shape index (κ1) is 16.3. The predicted octanol–water partition coefficient (Wildman–Crippen LogP) is 3.93. The molecule has 1 atom stereocenters. The molecule has 1 aromatic carbocycles. The normalized spacial score (nSPS) is 12.0. The van der Waals surface area contributed by atoms with Crippen LogP contribution in [0.5, 0.6) is 11.5 Å². The summed E-state index contributed by atoms with van der Waals surface area (Å²) in [5, 5.41) is 3.28. The molecule has 2 aromatic rings. The van der Waals surface area contributed by atoms with E-state index in [4.69, 9.17) is 9.47 Å². The lowest BCUT2D eigenvalue weighted by atomic mass is 10.0. The highest BCUT2D eigenvalue weighted by Gasteiger charge is 2.18. The molecule has 112 valence electrons. The minimum absolute atomic E-state index is 0.0727. The Morgan fingerprint density at radius 1 is 1.05 bits per heavy atom. The average Bonchev–Trinajstić information content (AvgIpc) is 2.49. The number of hydrogen-bond acceptors (Lipinski definition) is 4. The Balaban J connectivity index is 2.50. The number of methoxy groups -OCH3 is 2. The quantitative estimate of drug-likeness (QED) is 0.803. The number of hydrogen-bond donors (Lipinski definition) is 1. The molecule has 0 aliphatic rings. The van der Waals surface area contributed by atoms with Crippen LogP contribution in [0.2, 0.25) is 0 Å². The van der Waals surface area contributed by atoms with Gasteiger partial charge < -0.3 is 14.8 Å². The maximum atomic E-state index is 5.33. The predicted molar refractivity (Wildman–Crippen MR) is 90.1 cm³/mol. The Morgan fingerprint density at radius 2 is 1.67 bits per heavy atom. The van der Waals surface area contributed by atoms with Gasteiger partial charge in [0.1, 0.15) is 11.5 Å². The first-order valence-corrected chi connectivity index (χ1v) is 7.88. The maximum Gasteiger partial charge on any atom is 0.122 e. The Bertz CT molecular complexity index is 613. The largest absolute Gasteiger partial charge is 0.497 e. The van der Waals surface area contributed by atoms with Crippen LogP contribution in [-0.2, 0) is 0 Å². The second kappa shape index (κ2) is 7.24. The molecule has 1 heterocycles. The van der Waals surface area contributed by atoms with Crippen LogP contribution in [0, 0.1) is 0 Å². The molecule has 0 bridgehead atoms. The van der Waals surface area contributed by atoms with E-state index in [0.29, 0.717) is 0 Å². The first-order valence-electron chi connectivity index (χ1n) is 6.30. The summed E-state index contributed by atoms with van der Waals surface area (Å²) in [6, 6.07) is 7.70.